The zero-order valence-electron chi connectivity index (χ0n) is 12.3. The van der Waals surface area contributed by atoms with E-state index in [0.717, 1.165) is 0 Å². The molecule has 0 aromatic heterocycles. The van der Waals surface area contributed by atoms with E-state index < -0.39 is 26.2 Å². The van der Waals surface area contributed by atoms with E-state index in [-0.39, 0.29) is 23.8 Å². The van der Waals surface area contributed by atoms with Crippen molar-refractivity contribution >= 4 is 28.1 Å². The van der Waals surface area contributed by atoms with Crippen LogP contribution in [0.1, 0.15) is 25.0 Å². The van der Waals surface area contributed by atoms with Crippen LogP contribution >= 0.6 is 12.4 Å². The standard InChI is InChI=1S/C12H19N3O4S.ClH/c1-8-5-10(15(16)17)11(6-9(8)2)20(18,19)14-7-12(3,4)13;/h5-6,14H,7,13H2,1-4H3;1H. The Morgan fingerprint density at radius 3 is 2.19 bits per heavy atom. The molecule has 9 heteroatoms. The van der Waals surface area contributed by atoms with Gasteiger partial charge in [-0.3, -0.25) is 10.1 Å². The van der Waals surface area contributed by atoms with E-state index in [0.29, 0.717) is 11.1 Å². The van der Waals surface area contributed by atoms with Crippen molar-refractivity contribution in [2.24, 2.45) is 5.73 Å². The lowest BCUT2D eigenvalue weighted by molar-refractivity contribution is -0.387. The van der Waals surface area contributed by atoms with Crippen LogP contribution in [-0.4, -0.2) is 25.4 Å². The lowest BCUT2D eigenvalue weighted by Crippen LogP contribution is -2.45. The fourth-order valence-electron chi connectivity index (χ4n) is 1.49. The third-order valence-corrected chi connectivity index (χ3v) is 4.21. The van der Waals surface area contributed by atoms with Gasteiger partial charge >= 0.3 is 0 Å². The Kier molecular flexibility index (Phi) is 6.31. The van der Waals surface area contributed by atoms with Crippen molar-refractivity contribution in [1.82, 2.24) is 4.72 Å². The van der Waals surface area contributed by atoms with Gasteiger partial charge in [0.15, 0.2) is 4.90 Å². The van der Waals surface area contributed by atoms with Crippen molar-refractivity contribution in [2.75, 3.05) is 6.54 Å². The number of sulfonamides is 1. The van der Waals surface area contributed by atoms with Crippen LogP contribution in [0.25, 0.3) is 0 Å². The van der Waals surface area contributed by atoms with Gasteiger partial charge in [0.05, 0.1) is 4.92 Å². The van der Waals surface area contributed by atoms with E-state index in [9.17, 15) is 18.5 Å². The van der Waals surface area contributed by atoms with E-state index in [2.05, 4.69) is 4.72 Å². The van der Waals surface area contributed by atoms with Crippen molar-refractivity contribution < 1.29 is 13.3 Å². The molecule has 0 aliphatic carbocycles. The summed E-state index contributed by atoms with van der Waals surface area (Å²) in [6.07, 6.45) is 0. The van der Waals surface area contributed by atoms with Gasteiger partial charge in [-0.05, 0) is 44.9 Å². The summed E-state index contributed by atoms with van der Waals surface area (Å²) in [6.45, 7) is 6.69. The maximum Gasteiger partial charge on any atom is 0.289 e. The molecule has 0 radical (unpaired) electrons. The second kappa shape index (κ2) is 6.69. The molecule has 1 aromatic rings. The highest BCUT2D eigenvalue weighted by molar-refractivity contribution is 7.89. The molecule has 120 valence electrons. The molecule has 0 fully saturated rings. The van der Waals surface area contributed by atoms with Gasteiger partial charge in [0.2, 0.25) is 10.0 Å². The maximum atomic E-state index is 12.2. The Balaban J connectivity index is 0.00000400. The fourth-order valence-corrected chi connectivity index (χ4v) is 2.95. The average molecular weight is 338 g/mol. The SMILES string of the molecule is Cc1cc([N+](=O)[O-])c(S(=O)(=O)NCC(C)(C)N)cc1C.Cl. The Labute approximate surface area is 130 Å². The number of nitro benzene ring substituents is 1. The zero-order valence-corrected chi connectivity index (χ0v) is 14.0. The van der Waals surface area contributed by atoms with Crippen LogP contribution in [0.3, 0.4) is 0 Å². The van der Waals surface area contributed by atoms with Crippen LogP contribution in [0.15, 0.2) is 17.0 Å². The molecule has 21 heavy (non-hydrogen) atoms. The Hall–Kier alpha value is -1.22. The number of hydrogen-bond donors (Lipinski definition) is 2. The molecule has 1 rings (SSSR count). The smallest absolute Gasteiger partial charge is 0.289 e. The predicted octanol–water partition coefficient (Wildman–Crippen LogP) is 1.65. The number of halogens is 1. The molecule has 0 saturated carbocycles. The van der Waals surface area contributed by atoms with Crippen LogP contribution in [0.5, 0.6) is 0 Å². The quantitative estimate of drug-likeness (QED) is 0.626. The number of hydrogen-bond acceptors (Lipinski definition) is 5. The van der Waals surface area contributed by atoms with Crippen molar-refractivity contribution in [3.8, 4) is 0 Å². The minimum Gasteiger partial charge on any atom is -0.324 e. The first-order chi connectivity index (χ1) is 8.94. The number of nitrogens with one attached hydrogen (secondary N) is 1. The van der Waals surface area contributed by atoms with E-state index in [1.165, 1.54) is 12.1 Å². The summed E-state index contributed by atoms with van der Waals surface area (Å²) in [5.74, 6) is 0. The second-order valence-corrected chi connectivity index (χ2v) is 7.21. The number of benzene rings is 1. The molecule has 7 nitrogen and oxygen atoms in total. The molecule has 0 heterocycles. The highest BCUT2D eigenvalue weighted by atomic mass is 35.5. The number of nitro groups is 1. The summed E-state index contributed by atoms with van der Waals surface area (Å²) in [5.41, 5.74) is 5.86. The number of rotatable bonds is 5. The average Bonchev–Trinajstić information content (AvgIpc) is 2.28. The molecule has 0 amide bonds. The molecule has 0 unspecified atom stereocenters. The monoisotopic (exact) mass is 337 g/mol. The van der Waals surface area contributed by atoms with E-state index >= 15 is 0 Å². The normalized spacial score (nSPS) is 11.9. The predicted molar refractivity (Wildman–Crippen MR) is 83.3 cm³/mol. The van der Waals surface area contributed by atoms with E-state index in [4.69, 9.17) is 5.73 Å². The summed E-state index contributed by atoms with van der Waals surface area (Å²) < 4.78 is 26.7. The summed E-state index contributed by atoms with van der Waals surface area (Å²) in [6, 6.07) is 2.57. The molecule has 0 spiro atoms. The van der Waals surface area contributed by atoms with Gasteiger partial charge in [-0.15, -0.1) is 12.4 Å². The third kappa shape index (κ3) is 5.24. The first-order valence-corrected chi connectivity index (χ1v) is 7.46. The molecule has 3 N–H and O–H groups in total. The molecule has 0 aliphatic heterocycles. The second-order valence-electron chi connectivity index (χ2n) is 5.47. The van der Waals surface area contributed by atoms with Crippen LogP contribution in [-0.2, 0) is 10.0 Å². The molecule has 0 aliphatic rings. The maximum absolute atomic E-state index is 12.2. The molecular weight excluding hydrogens is 318 g/mol. The van der Waals surface area contributed by atoms with Crippen molar-refractivity contribution in [3.63, 3.8) is 0 Å². The molecule has 0 saturated heterocycles. The van der Waals surface area contributed by atoms with Crippen LogP contribution < -0.4 is 10.5 Å². The topological polar surface area (TPSA) is 115 Å². The van der Waals surface area contributed by atoms with Gasteiger partial charge in [-0.2, -0.15) is 0 Å². The first-order valence-electron chi connectivity index (χ1n) is 5.98. The Morgan fingerprint density at radius 2 is 1.76 bits per heavy atom. The highest BCUT2D eigenvalue weighted by Gasteiger charge is 2.27. The number of aryl methyl sites for hydroxylation is 2. The minimum atomic E-state index is -3.98. The number of nitrogens with two attached hydrogens (primary N) is 1. The van der Waals surface area contributed by atoms with Gasteiger partial charge in [0.25, 0.3) is 5.69 Å². The van der Waals surface area contributed by atoms with Crippen molar-refractivity contribution in [2.45, 2.75) is 38.1 Å². The third-order valence-electron chi connectivity index (χ3n) is 2.78. The van der Waals surface area contributed by atoms with Crippen LogP contribution in [0.2, 0.25) is 0 Å². The lowest BCUT2D eigenvalue weighted by Gasteiger charge is -2.19. The van der Waals surface area contributed by atoms with Crippen LogP contribution in [0, 0.1) is 24.0 Å². The Morgan fingerprint density at radius 1 is 1.29 bits per heavy atom. The van der Waals surface area contributed by atoms with Crippen molar-refractivity contribution in [3.05, 3.63) is 33.4 Å². The van der Waals surface area contributed by atoms with Gasteiger partial charge in [0.1, 0.15) is 0 Å². The zero-order chi connectivity index (χ0) is 15.7. The Bertz CT molecular complexity index is 639. The largest absolute Gasteiger partial charge is 0.324 e. The summed E-state index contributed by atoms with van der Waals surface area (Å²) in [5, 5.41) is 11.0. The molecule has 0 atom stereocenters. The minimum absolute atomic E-state index is 0. The number of nitrogens with zero attached hydrogens (tertiary/aromatic N) is 1. The van der Waals surface area contributed by atoms with Gasteiger partial charge < -0.3 is 5.73 Å². The fraction of sp³-hybridized carbons (Fsp3) is 0.500. The van der Waals surface area contributed by atoms with Crippen molar-refractivity contribution in [1.29, 1.82) is 0 Å². The first kappa shape index (κ1) is 19.8. The van der Waals surface area contributed by atoms with Gasteiger partial charge in [-0.25, -0.2) is 13.1 Å². The molecule has 1 aromatic carbocycles. The highest BCUT2D eigenvalue weighted by Crippen LogP contribution is 2.27. The van der Waals surface area contributed by atoms with Gasteiger partial charge in [-0.1, -0.05) is 0 Å². The van der Waals surface area contributed by atoms with Crippen LogP contribution in [0.4, 0.5) is 5.69 Å². The van der Waals surface area contributed by atoms with E-state index in [1.807, 2.05) is 0 Å². The summed E-state index contributed by atoms with van der Waals surface area (Å²) in [7, 11) is -3.98. The van der Waals surface area contributed by atoms with Gasteiger partial charge in [0, 0.05) is 18.2 Å². The molecular formula is C12H20ClN3O4S. The molecule has 0 bridgehead atoms. The lowest BCUT2D eigenvalue weighted by atomic mass is 10.1. The summed E-state index contributed by atoms with van der Waals surface area (Å²) >= 11 is 0. The van der Waals surface area contributed by atoms with E-state index in [1.54, 1.807) is 27.7 Å². The summed E-state index contributed by atoms with van der Waals surface area (Å²) in [4.78, 5) is 9.98.